The van der Waals surface area contributed by atoms with Crippen LogP contribution >= 0.6 is 34.8 Å². The Morgan fingerprint density at radius 1 is 1.32 bits per heavy atom. The van der Waals surface area contributed by atoms with Gasteiger partial charge in [0.25, 0.3) is 0 Å². The van der Waals surface area contributed by atoms with E-state index in [4.69, 9.17) is 50.0 Å². The van der Waals surface area contributed by atoms with Crippen LogP contribution in [-0.2, 0) is 4.74 Å². The summed E-state index contributed by atoms with van der Waals surface area (Å²) in [4.78, 5) is 11.9. The first-order valence-electron chi connectivity index (χ1n) is 6.15. The molecule has 2 N–H and O–H groups in total. The smallest absolute Gasteiger partial charge is 0.347 e. The molecule has 6 nitrogen and oxygen atoms in total. The molecule has 9 heteroatoms. The van der Waals surface area contributed by atoms with Crippen molar-refractivity contribution in [3.63, 3.8) is 0 Å². The van der Waals surface area contributed by atoms with Crippen LogP contribution in [0, 0.1) is 0 Å². The van der Waals surface area contributed by atoms with Crippen molar-refractivity contribution in [1.29, 1.82) is 0 Å². The number of ether oxygens (including phenoxy) is 2. The third-order valence-corrected chi connectivity index (χ3v) is 3.55. The number of hydrogen-bond acceptors (Lipinski definition) is 5. The molecule has 0 radical (unpaired) electrons. The normalized spacial score (nSPS) is 10.6. The Morgan fingerprint density at radius 3 is 2.41 bits per heavy atom. The van der Waals surface area contributed by atoms with Gasteiger partial charge in [0.15, 0.2) is 5.56 Å². The number of halogens is 3. The number of aromatic nitrogens is 2. The fraction of sp³-hybridized carbons (Fsp3) is 0.231. The number of carbonyl (C=O) groups excluding carboxylic acids is 1. The van der Waals surface area contributed by atoms with Gasteiger partial charge in [0.05, 0.1) is 23.8 Å². The summed E-state index contributed by atoms with van der Waals surface area (Å²) in [6, 6.07) is 2.98. The topological polar surface area (TPSA) is 79.4 Å². The standard InChI is InChI=1S/C13H12Cl3N3O3/c1-3-22-12-9(13(20)21-2)11(17)19(18-12)10-7(15)4-6(14)5-8(10)16/h4-5H,3,17H2,1-2H3. The predicted molar refractivity (Wildman–Crippen MR) is 85.5 cm³/mol. The first kappa shape index (κ1) is 16.7. The van der Waals surface area contributed by atoms with Gasteiger partial charge in [-0.15, -0.1) is 5.10 Å². The molecule has 118 valence electrons. The number of carbonyl (C=O) groups is 1. The highest BCUT2D eigenvalue weighted by atomic mass is 35.5. The van der Waals surface area contributed by atoms with E-state index in [9.17, 15) is 4.79 Å². The van der Waals surface area contributed by atoms with E-state index in [0.717, 1.165) is 0 Å². The summed E-state index contributed by atoms with van der Waals surface area (Å²) in [6.07, 6.45) is 0. The number of nitrogen functional groups attached to an aromatic ring is 1. The third-order valence-electron chi connectivity index (χ3n) is 2.75. The SMILES string of the molecule is CCOc1nn(-c2c(Cl)cc(Cl)cc2Cl)c(N)c1C(=O)OC. The van der Waals surface area contributed by atoms with Crippen LogP contribution in [0.1, 0.15) is 17.3 Å². The maximum absolute atomic E-state index is 11.9. The van der Waals surface area contributed by atoms with E-state index in [1.54, 1.807) is 6.92 Å². The summed E-state index contributed by atoms with van der Waals surface area (Å²) in [5, 5.41) is 4.97. The highest BCUT2D eigenvalue weighted by Gasteiger charge is 2.26. The Morgan fingerprint density at radius 2 is 1.91 bits per heavy atom. The van der Waals surface area contributed by atoms with Gasteiger partial charge in [-0.05, 0) is 19.1 Å². The molecule has 2 aromatic rings. The minimum Gasteiger partial charge on any atom is -0.476 e. The molecule has 0 atom stereocenters. The molecule has 0 aliphatic rings. The highest BCUT2D eigenvalue weighted by molar-refractivity contribution is 6.40. The molecule has 0 aliphatic carbocycles. The minimum absolute atomic E-state index is 0.00132. The second kappa shape index (κ2) is 6.64. The molecule has 0 aliphatic heterocycles. The Hall–Kier alpha value is -1.63. The monoisotopic (exact) mass is 363 g/mol. The quantitative estimate of drug-likeness (QED) is 0.839. The molecule has 0 saturated heterocycles. The van der Waals surface area contributed by atoms with Gasteiger partial charge in [0, 0.05) is 5.02 Å². The van der Waals surface area contributed by atoms with Crippen molar-refractivity contribution in [2.75, 3.05) is 19.5 Å². The maximum atomic E-state index is 11.9. The zero-order valence-corrected chi connectivity index (χ0v) is 14.0. The van der Waals surface area contributed by atoms with Gasteiger partial charge >= 0.3 is 5.97 Å². The zero-order chi connectivity index (χ0) is 16.4. The molecule has 1 aromatic carbocycles. The van der Waals surface area contributed by atoms with Crippen LogP contribution in [0.5, 0.6) is 5.88 Å². The Balaban J connectivity index is 2.70. The first-order valence-corrected chi connectivity index (χ1v) is 7.28. The largest absolute Gasteiger partial charge is 0.476 e. The van der Waals surface area contributed by atoms with Gasteiger partial charge in [-0.1, -0.05) is 34.8 Å². The zero-order valence-electron chi connectivity index (χ0n) is 11.7. The van der Waals surface area contributed by atoms with Gasteiger partial charge in [0.2, 0.25) is 5.88 Å². The van der Waals surface area contributed by atoms with E-state index in [2.05, 4.69) is 5.10 Å². The number of rotatable bonds is 4. The lowest BCUT2D eigenvalue weighted by molar-refractivity contribution is 0.0597. The molecule has 2 rings (SSSR count). The maximum Gasteiger partial charge on any atom is 0.347 e. The number of benzene rings is 1. The Kier molecular flexibility index (Phi) is 5.05. The van der Waals surface area contributed by atoms with Gasteiger partial charge in [-0.2, -0.15) is 0 Å². The molecule has 0 saturated carbocycles. The number of esters is 1. The number of nitrogens with zero attached hydrogens (tertiary/aromatic N) is 2. The lowest BCUT2D eigenvalue weighted by Crippen LogP contribution is -2.08. The van der Waals surface area contributed by atoms with Crippen molar-refractivity contribution in [2.45, 2.75) is 6.92 Å². The molecule has 0 unspecified atom stereocenters. The molecule has 0 amide bonds. The van der Waals surface area contributed by atoms with E-state index >= 15 is 0 Å². The number of anilines is 1. The second-order valence-electron chi connectivity index (χ2n) is 4.12. The minimum atomic E-state index is -0.673. The summed E-state index contributed by atoms with van der Waals surface area (Å²) in [6.45, 7) is 2.04. The average molecular weight is 365 g/mol. The van der Waals surface area contributed by atoms with Crippen molar-refractivity contribution >= 4 is 46.6 Å². The van der Waals surface area contributed by atoms with Crippen LogP contribution in [-0.4, -0.2) is 29.5 Å². The molecule has 0 fully saturated rings. The predicted octanol–water partition coefficient (Wildman–Crippen LogP) is 3.60. The fourth-order valence-electron chi connectivity index (χ4n) is 1.85. The second-order valence-corrected chi connectivity index (χ2v) is 5.37. The van der Waals surface area contributed by atoms with E-state index in [1.807, 2.05) is 0 Å². The summed E-state index contributed by atoms with van der Waals surface area (Å²) < 4.78 is 11.2. The number of nitrogens with two attached hydrogens (primary N) is 1. The van der Waals surface area contributed by atoms with Gasteiger partial charge in [0.1, 0.15) is 11.5 Å². The van der Waals surface area contributed by atoms with E-state index in [1.165, 1.54) is 23.9 Å². The van der Waals surface area contributed by atoms with Gasteiger partial charge in [-0.25, -0.2) is 9.48 Å². The van der Waals surface area contributed by atoms with Gasteiger partial charge < -0.3 is 15.2 Å². The fourth-order valence-corrected chi connectivity index (χ4v) is 2.83. The molecule has 0 spiro atoms. The van der Waals surface area contributed by atoms with Crippen LogP contribution in [0.3, 0.4) is 0 Å². The summed E-state index contributed by atoms with van der Waals surface area (Å²) in [7, 11) is 1.23. The number of methoxy groups -OCH3 is 1. The summed E-state index contributed by atoms with van der Waals surface area (Å²) in [5.41, 5.74) is 6.29. The van der Waals surface area contributed by atoms with Crippen molar-refractivity contribution in [3.8, 4) is 11.6 Å². The summed E-state index contributed by atoms with van der Waals surface area (Å²) >= 11 is 18.2. The van der Waals surface area contributed by atoms with Crippen molar-refractivity contribution in [3.05, 3.63) is 32.8 Å². The lowest BCUT2D eigenvalue weighted by Gasteiger charge is -2.09. The van der Waals surface area contributed by atoms with Crippen LogP contribution < -0.4 is 10.5 Å². The van der Waals surface area contributed by atoms with Gasteiger partial charge in [-0.3, -0.25) is 0 Å². The van der Waals surface area contributed by atoms with Crippen molar-refractivity contribution in [1.82, 2.24) is 9.78 Å². The van der Waals surface area contributed by atoms with E-state index < -0.39 is 5.97 Å². The molecular formula is C13H12Cl3N3O3. The molecule has 0 bridgehead atoms. The van der Waals surface area contributed by atoms with E-state index in [-0.39, 0.29) is 27.3 Å². The Labute approximate surface area is 141 Å². The molecule has 1 heterocycles. The average Bonchev–Trinajstić information content (AvgIpc) is 2.74. The third kappa shape index (κ3) is 2.95. The first-order chi connectivity index (χ1) is 10.4. The summed E-state index contributed by atoms with van der Waals surface area (Å²) in [5.74, 6) is -0.635. The van der Waals surface area contributed by atoms with Crippen LogP contribution in [0.2, 0.25) is 15.1 Å². The van der Waals surface area contributed by atoms with Crippen molar-refractivity contribution < 1.29 is 14.3 Å². The lowest BCUT2D eigenvalue weighted by atomic mass is 10.3. The van der Waals surface area contributed by atoms with Crippen molar-refractivity contribution in [2.24, 2.45) is 0 Å². The van der Waals surface area contributed by atoms with E-state index in [0.29, 0.717) is 17.3 Å². The molecular weight excluding hydrogens is 353 g/mol. The van der Waals surface area contributed by atoms with Crippen LogP contribution in [0.25, 0.3) is 5.69 Å². The molecule has 1 aromatic heterocycles. The van der Waals surface area contributed by atoms with Crippen LogP contribution in [0.4, 0.5) is 5.82 Å². The highest BCUT2D eigenvalue weighted by Crippen LogP contribution is 2.36. The van der Waals surface area contributed by atoms with Crippen LogP contribution in [0.15, 0.2) is 12.1 Å². The Bertz CT molecular complexity index is 708. The number of hydrogen-bond donors (Lipinski definition) is 1. The molecule has 22 heavy (non-hydrogen) atoms.